The van der Waals surface area contributed by atoms with Gasteiger partial charge in [0.15, 0.2) is 0 Å². The second kappa shape index (κ2) is 39.6. The van der Waals surface area contributed by atoms with Gasteiger partial charge in [0, 0.05) is 6.42 Å². The molecule has 8 nitrogen and oxygen atoms in total. The number of carbonyl (C=O) groups is 1. The van der Waals surface area contributed by atoms with Crippen LogP contribution in [0.5, 0.6) is 0 Å². The number of likely N-dealkylation sites (N-methyl/N-ethyl adjacent to an activating group) is 1. The minimum atomic E-state index is -4.56. The van der Waals surface area contributed by atoms with Gasteiger partial charge in [-0.05, 0) is 57.8 Å². The lowest BCUT2D eigenvalue weighted by Crippen LogP contribution is -2.46. The van der Waals surface area contributed by atoms with Crippen molar-refractivity contribution in [1.82, 2.24) is 5.32 Å². The van der Waals surface area contributed by atoms with Gasteiger partial charge in [0.2, 0.25) is 5.91 Å². The Hall–Kier alpha value is -1.80. The number of allylic oxidation sites excluding steroid dienone is 10. The van der Waals surface area contributed by atoms with Crippen LogP contribution in [0.3, 0.4) is 0 Å². The molecular formula is C48H89N2O6P. The second-order valence-electron chi connectivity index (χ2n) is 16.7. The quantitative estimate of drug-likeness (QED) is 0.0275. The van der Waals surface area contributed by atoms with E-state index in [1.807, 2.05) is 21.1 Å². The van der Waals surface area contributed by atoms with Gasteiger partial charge in [-0.3, -0.25) is 9.36 Å². The van der Waals surface area contributed by atoms with E-state index in [4.69, 9.17) is 9.05 Å². The highest BCUT2D eigenvalue weighted by molar-refractivity contribution is 7.45. The molecule has 0 spiro atoms. The Kier molecular flexibility index (Phi) is 38.4. The molecule has 2 N–H and O–H groups in total. The fourth-order valence-electron chi connectivity index (χ4n) is 6.36. The predicted molar refractivity (Wildman–Crippen MR) is 242 cm³/mol. The van der Waals surface area contributed by atoms with Crippen LogP contribution in [0.15, 0.2) is 60.8 Å². The minimum absolute atomic E-state index is 0.00902. The molecule has 0 fully saturated rings. The third kappa shape index (κ3) is 42.1. The minimum Gasteiger partial charge on any atom is -0.756 e. The molecule has 1 amide bonds. The van der Waals surface area contributed by atoms with Crippen LogP contribution < -0.4 is 10.2 Å². The van der Waals surface area contributed by atoms with E-state index in [0.29, 0.717) is 23.9 Å². The largest absolute Gasteiger partial charge is 0.756 e. The van der Waals surface area contributed by atoms with E-state index in [0.717, 1.165) is 70.6 Å². The van der Waals surface area contributed by atoms with Crippen LogP contribution in [0.4, 0.5) is 0 Å². The molecule has 0 aliphatic heterocycles. The number of carbonyl (C=O) groups excluding carboxylic acids is 1. The van der Waals surface area contributed by atoms with Crippen molar-refractivity contribution in [3.8, 4) is 0 Å². The van der Waals surface area contributed by atoms with Gasteiger partial charge in [0.25, 0.3) is 7.82 Å². The number of quaternary nitrogens is 1. The lowest BCUT2D eigenvalue weighted by molar-refractivity contribution is -0.870. The number of amides is 1. The fourth-order valence-corrected chi connectivity index (χ4v) is 7.08. The molecule has 0 heterocycles. The summed E-state index contributed by atoms with van der Waals surface area (Å²) in [6, 6.07) is -0.801. The Morgan fingerprint density at radius 3 is 1.56 bits per heavy atom. The molecule has 0 aliphatic carbocycles. The highest BCUT2D eigenvalue weighted by atomic mass is 31.2. The highest BCUT2D eigenvalue weighted by Gasteiger charge is 2.24. The summed E-state index contributed by atoms with van der Waals surface area (Å²) in [5.74, 6) is -0.174. The maximum Gasteiger partial charge on any atom is 0.268 e. The van der Waals surface area contributed by atoms with Crippen LogP contribution in [-0.4, -0.2) is 68.5 Å². The van der Waals surface area contributed by atoms with Crippen LogP contribution in [-0.2, 0) is 18.4 Å². The summed E-state index contributed by atoms with van der Waals surface area (Å²) in [7, 11) is 1.29. The molecule has 0 aromatic heterocycles. The fraction of sp³-hybridized carbons (Fsp3) is 0.771. The van der Waals surface area contributed by atoms with Gasteiger partial charge in [-0.1, -0.05) is 184 Å². The molecule has 0 aromatic carbocycles. The van der Waals surface area contributed by atoms with Crippen LogP contribution in [0, 0.1) is 0 Å². The normalized spacial score (nSPS) is 14.9. The van der Waals surface area contributed by atoms with Crippen molar-refractivity contribution in [2.24, 2.45) is 0 Å². The first-order valence-corrected chi connectivity index (χ1v) is 24.6. The number of aliphatic hydroxyl groups is 1. The molecule has 0 bridgehead atoms. The lowest BCUT2D eigenvalue weighted by atomic mass is 10.0. The SMILES string of the molecule is CC/C=C\C/C=C\C/C=C\C/C=C\C/C=C\CCCCCCCCCCCCCC(=O)NC(COP(=O)([O-])OCC[N+](C)(C)C)C(O)CCCCCCCCCC. The van der Waals surface area contributed by atoms with Gasteiger partial charge >= 0.3 is 0 Å². The lowest BCUT2D eigenvalue weighted by Gasteiger charge is -2.30. The van der Waals surface area contributed by atoms with Gasteiger partial charge in [0.1, 0.15) is 13.2 Å². The Morgan fingerprint density at radius 2 is 1.07 bits per heavy atom. The summed E-state index contributed by atoms with van der Waals surface area (Å²) in [4.78, 5) is 25.3. The number of rotatable bonds is 41. The third-order valence-corrected chi connectivity index (χ3v) is 11.0. The Labute approximate surface area is 351 Å². The molecule has 3 atom stereocenters. The maximum absolute atomic E-state index is 12.8. The van der Waals surface area contributed by atoms with E-state index in [1.54, 1.807) is 0 Å². The van der Waals surface area contributed by atoms with Gasteiger partial charge < -0.3 is 28.8 Å². The van der Waals surface area contributed by atoms with Crippen LogP contribution in [0.25, 0.3) is 0 Å². The van der Waals surface area contributed by atoms with E-state index in [1.165, 1.54) is 89.9 Å². The molecule has 3 unspecified atom stereocenters. The highest BCUT2D eigenvalue weighted by Crippen LogP contribution is 2.38. The topological polar surface area (TPSA) is 108 Å². The summed E-state index contributed by atoms with van der Waals surface area (Å²) in [5, 5.41) is 13.8. The van der Waals surface area contributed by atoms with Crippen molar-refractivity contribution in [3.05, 3.63) is 60.8 Å². The zero-order valence-corrected chi connectivity index (χ0v) is 38.4. The van der Waals surface area contributed by atoms with Crippen molar-refractivity contribution >= 4 is 13.7 Å². The summed E-state index contributed by atoms with van der Waals surface area (Å²) < 4.78 is 23.2. The average molecular weight is 821 g/mol. The first-order valence-electron chi connectivity index (χ1n) is 23.1. The Bertz CT molecular complexity index is 1110. The van der Waals surface area contributed by atoms with Gasteiger partial charge in [-0.15, -0.1) is 0 Å². The number of phosphoric ester groups is 1. The molecule has 0 radical (unpaired) electrons. The first kappa shape index (κ1) is 55.2. The van der Waals surface area contributed by atoms with Crippen LogP contribution in [0.2, 0.25) is 0 Å². The number of phosphoric acid groups is 1. The van der Waals surface area contributed by atoms with E-state index in [9.17, 15) is 19.4 Å². The Morgan fingerprint density at radius 1 is 0.632 bits per heavy atom. The number of hydrogen-bond donors (Lipinski definition) is 2. The van der Waals surface area contributed by atoms with E-state index in [2.05, 4.69) is 79.9 Å². The van der Waals surface area contributed by atoms with E-state index in [-0.39, 0.29) is 19.1 Å². The number of nitrogens with zero attached hydrogens (tertiary/aromatic N) is 1. The zero-order valence-electron chi connectivity index (χ0n) is 37.5. The monoisotopic (exact) mass is 821 g/mol. The maximum atomic E-state index is 12.8. The molecule has 0 aliphatic rings. The number of unbranched alkanes of at least 4 members (excludes halogenated alkanes) is 18. The van der Waals surface area contributed by atoms with E-state index >= 15 is 0 Å². The van der Waals surface area contributed by atoms with Crippen molar-refractivity contribution < 1.29 is 32.9 Å². The second-order valence-corrected chi connectivity index (χ2v) is 18.1. The molecule has 57 heavy (non-hydrogen) atoms. The van der Waals surface area contributed by atoms with Gasteiger partial charge in [-0.25, -0.2) is 0 Å². The van der Waals surface area contributed by atoms with Crippen molar-refractivity contribution in [2.75, 3.05) is 40.9 Å². The third-order valence-electron chi connectivity index (χ3n) is 10.0. The molecule has 0 rings (SSSR count). The average Bonchev–Trinajstić information content (AvgIpc) is 3.16. The van der Waals surface area contributed by atoms with Crippen molar-refractivity contribution in [1.29, 1.82) is 0 Å². The molecule has 332 valence electrons. The summed E-state index contributed by atoms with van der Waals surface area (Å²) >= 11 is 0. The van der Waals surface area contributed by atoms with Gasteiger partial charge in [-0.2, -0.15) is 0 Å². The van der Waals surface area contributed by atoms with Crippen molar-refractivity contribution in [3.63, 3.8) is 0 Å². The molecule has 0 aromatic rings. The standard InChI is InChI=1S/C48H89N2O6P/c1-6-8-10-12-14-16-17-18-19-20-21-22-23-24-25-26-27-28-29-30-31-32-33-34-36-38-40-42-48(52)49-46(45-56-57(53,54)55-44-43-50(3,4)5)47(51)41-39-37-35-15-13-11-9-7-2/h8,10,14,16,18-19,21-22,24-25,46-47,51H,6-7,9,11-13,15,17,20,23,26-45H2,1-5H3,(H-,49,52,53,54)/b10-8-,16-14-,19-18-,22-21-,25-24-. The number of nitrogens with one attached hydrogen (secondary N) is 1. The summed E-state index contributed by atoms with van der Waals surface area (Å²) in [6.45, 7) is 4.55. The molecule has 0 saturated carbocycles. The van der Waals surface area contributed by atoms with Crippen molar-refractivity contribution in [2.45, 2.75) is 199 Å². The molecule has 0 saturated heterocycles. The smallest absolute Gasteiger partial charge is 0.268 e. The molecule has 9 heteroatoms. The predicted octanol–water partition coefficient (Wildman–Crippen LogP) is 12.4. The van der Waals surface area contributed by atoms with Gasteiger partial charge in [0.05, 0.1) is 39.9 Å². The number of aliphatic hydroxyl groups excluding tert-OH is 1. The zero-order chi connectivity index (χ0) is 42.1. The van der Waals surface area contributed by atoms with E-state index < -0.39 is 20.0 Å². The Balaban J connectivity index is 4.11. The molecular weight excluding hydrogens is 732 g/mol. The number of hydrogen-bond acceptors (Lipinski definition) is 6. The van der Waals surface area contributed by atoms with Crippen LogP contribution in [0.1, 0.15) is 187 Å². The van der Waals surface area contributed by atoms with Crippen LogP contribution >= 0.6 is 7.82 Å². The summed E-state index contributed by atoms with van der Waals surface area (Å²) in [5.41, 5.74) is 0. The first-order chi connectivity index (χ1) is 27.5. The summed E-state index contributed by atoms with van der Waals surface area (Å²) in [6.07, 6.45) is 51.0.